The van der Waals surface area contributed by atoms with Crippen LogP contribution >= 0.6 is 11.8 Å². The van der Waals surface area contributed by atoms with Gasteiger partial charge in [0.05, 0.1) is 18.4 Å². The molecule has 1 aromatic carbocycles. The number of aromatic nitrogens is 2. The van der Waals surface area contributed by atoms with E-state index >= 15 is 0 Å². The molecular weight excluding hydrogens is 412 g/mol. The van der Waals surface area contributed by atoms with Crippen LogP contribution in [0.1, 0.15) is 47.8 Å². The monoisotopic (exact) mass is 444 g/mol. The van der Waals surface area contributed by atoms with E-state index in [2.05, 4.69) is 22.1 Å². The summed E-state index contributed by atoms with van der Waals surface area (Å²) in [6, 6.07) is 9.68. The molecule has 7 nitrogen and oxygen atoms in total. The molecule has 1 N–H and O–H groups in total. The molecule has 1 aliphatic rings. The number of carbonyl (C=O) groups is 1. The fourth-order valence-corrected chi connectivity index (χ4v) is 4.27. The third-order valence-electron chi connectivity index (χ3n) is 5.06. The smallest absolute Gasteiger partial charge is 0.251 e. The average molecular weight is 445 g/mol. The predicted molar refractivity (Wildman–Crippen MR) is 124 cm³/mol. The largest absolute Gasteiger partial charge is 0.378 e. The molecule has 3 rings (SSSR count). The normalized spacial score (nSPS) is 15.8. The summed E-state index contributed by atoms with van der Waals surface area (Å²) in [5.74, 6) is 1.51. The van der Waals surface area contributed by atoms with Gasteiger partial charge in [0.1, 0.15) is 5.82 Å². The second-order valence-electron chi connectivity index (χ2n) is 7.69. The minimum Gasteiger partial charge on any atom is -0.378 e. The van der Waals surface area contributed by atoms with Crippen molar-refractivity contribution in [2.45, 2.75) is 49.8 Å². The van der Waals surface area contributed by atoms with Crippen molar-refractivity contribution in [1.82, 2.24) is 15.3 Å². The number of methoxy groups -OCH3 is 1. The van der Waals surface area contributed by atoms with Gasteiger partial charge in [-0.3, -0.25) is 4.79 Å². The molecule has 1 fully saturated rings. The molecule has 0 spiro atoms. The van der Waals surface area contributed by atoms with Crippen molar-refractivity contribution in [3.8, 4) is 0 Å². The van der Waals surface area contributed by atoms with E-state index in [-0.39, 0.29) is 12.0 Å². The number of rotatable bonds is 11. The first-order valence-electron chi connectivity index (χ1n) is 10.8. The first kappa shape index (κ1) is 23.5. The van der Waals surface area contributed by atoms with Crippen LogP contribution in [0.25, 0.3) is 0 Å². The number of hydrogen-bond acceptors (Lipinski definition) is 7. The van der Waals surface area contributed by atoms with Crippen LogP contribution < -0.4 is 10.2 Å². The molecule has 1 unspecified atom stereocenters. The van der Waals surface area contributed by atoms with Crippen LogP contribution in [-0.2, 0) is 21.8 Å². The Morgan fingerprint density at radius 2 is 2.23 bits per heavy atom. The van der Waals surface area contributed by atoms with Crippen molar-refractivity contribution >= 4 is 23.5 Å². The second-order valence-corrected chi connectivity index (χ2v) is 8.63. The fraction of sp³-hybridized carbons (Fsp3) is 0.522. The Bertz CT molecular complexity index is 858. The van der Waals surface area contributed by atoms with Crippen LogP contribution in [0, 0.1) is 0 Å². The molecule has 168 valence electrons. The zero-order valence-electron chi connectivity index (χ0n) is 18.6. The lowest BCUT2D eigenvalue weighted by Crippen LogP contribution is -2.31. The van der Waals surface area contributed by atoms with Gasteiger partial charge in [0.25, 0.3) is 5.91 Å². The molecule has 8 heteroatoms. The third-order valence-corrected chi connectivity index (χ3v) is 5.98. The number of carbonyl (C=O) groups excluding carboxylic acids is 1. The lowest BCUT2D eigenvalue weighted by Gasteiger charge is -2.18. The Hall–Kier alpha value is -2.16. The van der Waals surface area contributed by atoms with Crippen molar-refractivity contribution in [2.24, 2.45) is 0 Å². The first-order valence-corrected chi connectivity index (χ1v) is 11.8. The van der Waals surface area contributed by atoms with Crippen LogP contribution in [0.3, 0.4) is 0 Å². The highest BCUT2D eigenvalue weighted by atomic mass is 32.2. The Labute approximate surface area is 188 Å². The van der Waals surface area contributed by atoms with E-state index in [1.807, 2.05) is 37.4 Å². The number of benzene rings is 1. The van der Waals surface area contributed by atoms with Gasteiger partial charge in [-0.05, 0) is 37.0 Å². The fourth-order valence-electron chi connectivity index (χ4n) is 3.46. The molecule has 1 saturated heterocycles. The Balaban J connectivity index is 1.63. The maximum absolute atomic E-state index is 12.5. The van der Waals surface area contributed by atoms with Crippen LogP contribution in [0.15, 0.2) is 35.5 Å². The highest BCUT2D eigenvalue weighted by Crippen LogP contribution is 2.23. The van der Waals surface area contributed by atoms with Crippen molar-refractivity contribution in [3.63, 3.8) is 0 Å². The average Bonchev–Trinajstić information content (AvgIpc) is 3.30. The number of thioether (sulfide) groups is 1. The van der Waals surface area contributed by atoms with Gasteiger partial charge in [-0.25, -0.2) is 9.97 Å². The zero-order chi connectivity index (χ0) is 22.1. The summed E-state index contributed by atoms with van der Waals surface area (Å²) >= 11 is 1.56. The van der Waals surface area contributed by atoms with E-state index in [1.165, 1.54) is 0 Å². The molecule has 31 heavy (non-hydrogen) atoms. The summed E-state index contributed by atoms with van der Waals surface area (Å²) in [5, 5.41) is 3.69. The highest BCUT2D eigenvalue weighted by molar-refractivity contribution is 7.98. The number of ether oxygens (including phenoxy) is 2. The molecule has 0 bridgehead atoms. The Kier molecular flexibility index (Phi) is 9.12. The van der Waals surface area contributed by atoms with Crippen molar-refractivity contribution in [1.29, 1.82) is 0 Å². The molecule has 0 radical (unpaired) electrons. The standard InChI is InChI=1S/C23H32N4O3S/c1-4-10-27(2)21-13-19(15-29-3)25-23(26-21)31-16-17-7-5-8-18(12-17)22(28)24-14-20-9-6-11-30-20/h5,7-8,12-13,20H,4,6,9-11,14-16H2,1-3H3,(H,24,28). The molecule has 1 amide bonds. The number of nitrogens with zero attached hydrogens (tertiary/aromatic N) is 3. The third kappa shape index (κ3) is 7.19. The molecule has 0 aliphatic carbocycles. The molecular formula is C23H32N4O3S. The lowest BCUT2D eigenvalue weighted by molar-refractivity contribution is 0.0857. The van der Waals surface area contributed by atoms with Gasteiger partial charge >= 0.3 is 0 Å². The minimum absolute atomic E-state index is 0.0656. The number of anilines is 1. The summed E-state index contributed by atoms with van der Waals surface area (Å²) in [6.07, 6.45) is 3.26. The molecule has 1 aromatic heterocycles. The van der Waals surface area contributed by atoms with Crippen LogP contribution in [-0.4, -0.2) is 55.8 Å². The predicted octanol–water partition coefficient (Wildman–Crippen LogP) is 3.67. The topological polar surface area (TPSA) is 76.6 Å². The summed E-state index contributed by atoms with van der Waals surface area (Å²) in [5.41, 5.74) is 2.58. The summed E-state index contributed by atoms with van der Waals surface area (Å²) < 4.78 is 10.8. The van der Waals surface area contributed by atoms with Gasteiger partial charge in [-0.1, -0.05) is 30.8 Å². The quantitative estimate of drug-likeness (QED) is 0.419. The van der Waals surface area contributed by atoms with Crippen molar-refractivity contribution in [3.05, 3.63) is 47.2 Å². The van der Waals surface area contributed by atoms with E-state index in [1.54, 1.807) is 18.9 Å². The van der Waals surface area contributed by atoms with E-state index in [0.29, 0.717) is 29.6 Å². The molecule has 1 aliphatic heterocycles. The van der Waals surface area contributed by atoms with E-state index in [0.717, 1.165) is 49.5 Å². The number of nitrogens with one attached hydrogen (secondary N) is 1. The minimum atomic E-state index is -0.0656. The van der Waals surface area contributed by atoms with Gasteiger partial charge in [0, 0.05) is 51.2 Å². The van der Waals surface area contributed by atoms with Gasteiger partial charge < -0.3 is 19.7 Å². The zero-order valence-corrected chi connectivity index (χ0v) is 19.4. The molecule has 1 atom stereocenters. The van der Waals surface area contributed by atoms with Crippen LogP contribution in [0.2, 0.25) is 0 Å². The van der Waals surface area contributed by atoms with Crippen molar-refractivity contribution in [2.75, 3.05) is 38.8 Å². The van der Waals surface area contributed by atoms with Gasteiger partial charge in [-0.2, -0.15) is 0 Å². The van der Waals surface area contributed by atoms with Gasteiger partial charge in [0.15, 0.2) is 5.16 Å². The van der Waals surface area contributed by atoms with Crippen LogP contribution in [0.4, 0.5) is 5.82 Å². The van der Waals surface area contributed by atoms with E-state index in [9.17, 15) is 4.79 Å². The summed E-state index contributed by atoms with van der Waals surface area (Å²) in [6.45, 7) is 4.87. The van der Waals surface area contributed by atoms with Crippen molar-refractivity contribution < 1.29 is 14.3 Å². The van der Waals surface area contributed by atoms with Gasteiger partial charge in [0.2, 0.25) is 0 Å². The Morgan fingerprint density at radius 3 is 2.97 bits per heavy atom. The summed E-state index contributed by atoms with van der Waals surface area (Å²) in [4.78, 5) is 24.0. The van der Waals surface area contributed by atoms with Crippen LogP contribution in [0.5, 0.6) is 0 Å². The maximum atomic E-state index is 12.5. The van der Waals surface area contributed by atoms with E-state index < -0.39 is 0 Å². The SMILES string of the molecule is CCCN(C)c1cc(COC)nc(SCc2cccc(C(=O)NCC3CCCO3)c2)n1. The highest BCUT2D eigenvalue weighted by Gasteiger charge is 2.17. The number of hydrogen-bond donors (Lipinski definition) is 1. The molecule has 2 heterocycles. The lowest BCUT2D eigenvalue weighted by atomic mass is 10.1. The Morgan fingerprint density at radius 1 is 1.35 bits per heavy atom. The number of amides is 1. The second kappa shape index (κ2) is 12.0. The maximum Gasteiger partial charge on any atom is 0.251 e. The van der Waals surface area contributed by atoms with E-state index in [4.69, 9.17) is 14.5 Å². The van der Waals surface area contributed by atoms with Gasteiger partial charge in [-0.15, -0.1) is 0 Å². The first-order chi connectivity index (χ1) is 15.1. The summed E-state index contributed by atoms with van der Waals surface area (Å²) in [7, 11) is 3.70. The molecule has 2 aromatic rings. The molecule has 0 saturated carbocycles.